The molecule has 2 aromatic heterocycles. The number of methoxy groups -OCH3 is 1. The van der Waals surface area contributed by atoms with Gasteiger partial charge in [-0.25, -0.2) is 9.78 Å². The molecule has 0 saturated carbocycles. The van der Waals surface area contributed by atoms with Crippen molar-refractivity contribution < 1.29 is 18.7 Å². The maximum Gasteiger partial charge on any atom is 0.337 e. The summed E-state index contributed by atoms with van der Waals surface area (Å²) in [6, 6.07) is 8.57. The summed E-state index contributed by atoms with van der Waals surface area (Å²) in [6.07, 6.45) is 1.56. The number of carbonyl (C=O) groups is 2. The van der Waals surface area contributed by atoms with Crippen LogP contribution in [0.1, 0.15) is 31.3 Å². The van der Waals surface area contributed by atoms with Crippen molar-refractivity contribution in [2.75, 3.05) is 12.4 Å². The number of rotatable bonds is 4. The summed E-state index contributed by atoms with van der Waals surface area (Å²) in [7, 11) is 1.31. The minimum Gasteiger partial charge on any atom is -0.465 e. The first-order valence-corrected chi connectivity index (χ1v) is 8.33. The number of anilines is 1. The van der Waals surface area contributed by atoms with Crippen LogP contribution in [0.2, 0.25) is 0 Å². The number of hydrogen-bond acceptors (Lipinski definition) is 6. The van der Waals surface area contributed by atoms with Gasteiger partial charge in [-0.3, -0.25) is 4.79 Å². The first kappa shape index (κ1) is 16.9. The van der Waals surface area contributed by atoms with E-state index in [1.807, 2.05) is 13.8 Å². The Hall–Kier alpha value is -2.93. The summed E-state index contributed by atoms with van der Waals surface area (Å²) in [5.74, 6) is -0.173. The van der Waals surface area contributed by atoms with Gasteiger partial charge in [-0.15, -0.1) is 11.3 Å². The molecule has 7 heteroatoms. The van der Waals surface area contributed by atoms with Gasteiger partial charge in [-0.1, -0.05) is 6.07 Å². The quantitative estimate of drug-likeness (QED) is 0.713. The molecule has 3 rings (SSSR count). The number of aryl methyl sites for hydroxylation is 2. The number of amides is 1. The van der Waals surface area contributed by atoms with Gasteiger partial charge in [0.15, 0.2) is 10.8 Å². The molecule has 0 aliphatic rings. The van der Waals surface area contributed by atoms with Crippen LogP contribution >= 0.6 is 11.3 Å². The number of nitrogens with zero attached hydrogens (tertiary/aromatic N) is 1. The summed E-state index contributed by atoms with van der Waals surface area (Å²) >= 11 is 1.39. The van der Waals surface area contributed by atoms with Gasteiger partial charge >= 0.3 is 5.97 Å². The molecule has 0 aliphatic carbocycles. The fraction of sp³-hybridized carbons (Fsp3) is 0.167. The molecule has 0 fully saturated rings. The zero-order valence-electron chi connectivity index (χ0n) is 14.0. The normalized spacial score (nSPS) is 10.5. The van der Waals surface area contributed by atoms with Crippen LogP contribution in [0.3, 0.4) is 0 Å². The SMILES string of the molecule is COC(=O)c1ccc(C)c(NC(=O)c2nc(-c3ccco3)sc2C)c1. The first-order chi connectivity index (χ1) is 12.0. The Morgan fingerprint density at radius 3 is 2.72 bits per heavy atom. The molecule has 2 heterocycles. The smallest absolute Gasteiger partial charge is 0.337 e. The largest absolute Gasteiger partial charge is 0.465 e. The number of aromatic nitrogens is 1. The van der Waals surface area contributed by atoms with Crippen LogP contribution in [0.4, 0.5) is 5.69 Å². The first-order valence-electron chi connectivity index (χ1n) is 7.51. The number of nitrogens with one attached hydrogen (secondary N) is 1. The fourth-order valence-corrected chi connectivity index (χ4v) is 3.17. The third-order valence-electron chi connectivity index (χ3n) is 3.65. The Kier molecular flexibility index (Phi) is 4.67. The highest BCUT2D eigenvalue weighted by Crippen LogP contribution is 2.28. The average Bonchev–Trinajstić information content (AvgIpc) is 3.25. The second kappa shape index (κ2) is 6.90. The molecule has 0 spiro atoms. The van der Waals surface area contributed by atoms with Crippen molar-refractivity contribution in [2.45, 2.75) is 13.8 Å². The lowest BCUT2D eigenvalue weighted by Crippen LogP contribution is -2.15. The number of hydrogen-bond donors (Lipinski definition) is 1. The third-order valence-corrected chi connectivity index (χ3v) is 4.64. The highest BCUT2D eigenvalue weighted by atomic mass is 32.1. The Morgan fingerprint density at radius 2 is 2.04 bits per heavy atom. The van der Waals surface area contributed by atoms with Gasteiger partial charge in [0.2, 0.25) is 0 Å². The van der Waals surface area contributed by atoms with Crippen molar-refractivity contribution in [3.05, 3.63) is 58.3 Å². The molecule has 0 bridgehead atoms. The number of benzene rings is 1. The topological polar surface area (TPSA) is 81.4 Å². The Morgan fingerprint density at radius 1 is 1.24 bits per heavy atom. The van der Waals surface area contributed by atoms with E-state index in [2.05, 4.69) is 10.3 Å². The number of carbonyl (C=O) groups excluding carboxylic acids is 2. The summed E-state index contributed by atoms with van der Waals surface area (Å²) < 4.78 is 10.0. The molecule has 3 aromatic rings. The van der Waals surface area contributed by atoms with E-state index in [1.54, 1.807) is 36.6 Å². The minimum absolute atomic E-state index is 0.333. The summed E-state index contributed by atoms with van der Waals surface area (Å²) in [5.41, 5.74) is 2.08. The van der Waals surface area contributed by atoms with E-state index in [0.29, 0.717) is 27.7 Å². The lowest BCUT2D eigenvalue weighted by atomic mass is 10.1. The second-order valence-corrected chi connectivity index (χ2v) is 6.58. The van der Waals surface area contributed by atoms with Gasteiger partial charge in [0.1, 0.15) is 5.69 Å². The molecule has 128 valence electrons. The predicted octanol–water partition coefficient (Wildman–Crippen LogP) is 4.06. The number of furan rings is 1. The van der Waals surface area contributed by atoms with Gasteiger partial charge in [-0.2, -0.15) is 0 Å². The third kappa shape index (κ3) is 3.46. The zero-order valence-corrected chi connectivity index (χ0v) is 14.8. The van der Waals surface area contributed by atoms with E-state index in [4.69, 9.17) is 9.15 Å². The van der Waals surface area contributed by atoms with E-state index in [-0.39, 0.29) is 5.91 Å². The molecule has 0 radical (unpaired) electrons. The van der Waals surface area contributed by atoms with E-state index in [9.17, 15) is 9.59 Å². The van der Waals surface area contributed by atoms with Crippen LogP contribution in [-0.4, -0.2) is 24.0 Å². The van der Waals surface area contributed by atoms with Crippen LogP contribution in [0.25, 0.3) is 10.8 Å². The highest BCUT2D eigenvalue weighted by molar-refractivity contribution is 7.15. The molecule has 1 aromatic carbocycles. The Labute approximate surface area is 148 Å². The maximum absolute atomic E-state index is 12.6. The molecule has 1 N–H and O–H groups in total. The van der Waals surface area contributed by atoms with Crippen LogP contribution in [-0.2, 0) is 4.74 Å². The summed E-state index contributed by atoms with van der Waals surface area (Å²) in [6.45, 7) is 3.68. The lowest BCUT2D eigenvalue weighted by Gasteiger charge is -2.09. The van der Waals surface area contributed by atoms with Crippen molar-refractivity contribution in [2.24, 2.45) is 0 Å². The van der Waals surface area contributed by atoms with Crippen LogP contribution < -0.4 is 5.32 Å². The van der Waals surface area contributed by atoms with Crippen molar-refractivity contribution in [3.63, 3.8) is 0 Å². The minimum atomic E-state index is -0.458. The van der Waals surface area contributed by atoms with Gasteiger partial charge in [0.25, 0.3) is 5.91 Å². The second-order valence-electron chi connectivity index (χ2n) is 5.38. The van der Waals surface area contributed by atoms with Crippen LogP contribution in [0, 0.1) is 13.8 Å². The number of esters is 1. The molecule has 6 nitrogen and oxygen atoms in total. The summed E-state index contributed by atoms with van der Waals surface area (Å²) in [4.78, 5) is 29.4. The van der Waals surface area contributed by atoms with Gasteiger partial charge in [-0.05, 0) is 43.7 Å². The highest BCUT2D eigenvalue weighted by Gasteiger charge is 2.19. The van der Waals surface area contributed by atoms with E-state index in [0.717, 1.165) is 10.4 Å². The molecule has 25 heavy (non-hydrogen) atoms. The van der Waals surface area contributed by atoms with Crippen molar-refractivity contribution >= 4 is 28.9 Å². The summed E-state index contributed by atoms with van der Waals surface area (Å²) in [5, 5.41) is 3.46. The molecule has 0 saturated heterocycles. The zero-order chi connectivity index (χ0) is 18.0. The molecule has 0 unspecified atom stereocenters. The van der Waals surface area contributed by atoms with Gasteiger partial charge in [0.05, 0.1) is 18.9 Å². The fourth-order valence-electron chi connectivity index (χ4n) is 2.30. The van der Waals surface area contributed by atoms with Crippen molar-refractivity contribution in [1.82, 2.24) is 4.98 Å². The molecular weight excluding hydrogens is 340 g/mol. The van der Waals surface area contributed by atoms with Crippen molar-refractivity contribution in [3.8, 4) is 10.8 Å². The lowest BCUT2D eigenvalue weighted by molar-refractivity contribution is 0.0600. The maximum atomic E-state index is 12.6. The molecular formula is C18H16N2O4S. The number of ether oxygens (including phenoxy) is 1. The van der Waals surface area contributed by atoms with Crippen LogP contribution in [0.15, 0.2) is 41.0 Å². The van der Waals surface area contributed by atoms with E-state index >= 15 is 0 Å². The van der Waals surface area contributed by atoms with E-state index < -0.39 is 5.97 Å². The standard InChI is InChI=1S/C18H16N2O4S/c1-10-6-7-12(18(22)23-3)9-13(10)19-16(21)15-11(2)25-17(20-15)14-5-4-8-24-14/h4-9H,1-3H3,(H,19,21). The van der Waals surface area contributed by atoms with E-state index in [1.165, 1.54) is 18.4 Å². The monoisotopic (exact) mass is 356 g/mol. The van der Waals surface area contributed by atoms with Gasteiger partial charge < -0.3 is 14.5 Å². The molecule has 0 aliphatic heterocycles. The number of thiazole rings is 1. The molecule has 1 amide bonds. The van der Waals surface area contributed by atoms with Crippen molar-refractivity contribution in [1.29, 1.82) is 0 Å². The average molecular weight is 356 g/mol. The van der Waals surface area contributed by atoms with Crippen LogP contribution in [0.5, 0.6) is 0 Å². The molecule has 0 atom stereocenters. The Bertz CT molecular complexity index is 929. The van der Waals surface area contributed by atoms with Gasteiger partial charge in [0, 0.05) is 10.6 Å². The Balaban J connectivity index is 1.87. The predicted molar refractivity (Wildman–Crippen MR) is 95.0 cm³/mol.